The van der Waals surface area contributed by atoms with Gasteiger partial charge in [0.2, 0.25) is 0 Å². The van der Waals surface area contributed by atoms with Gasteiger partial charge in [-0.15, -0.1) is 0 Å². The number of ether oxygens (including phenoxy) is 1. The van der Waals surface area contributed by atoms with Gasteiger partial charge in [-0.1, -0.05) is 17.7 Å². The summed E-state index contributed by atoms with van der Waals surface area (Å²) in [4.78, 5) is 23.8. The number of nitrogens with one attached hydrogen (secondary N) is 1. The van der Waals surface area contributed by atoms with Crippen molar-refractivity contribution in [3.63, 3.8) is 0 Å². The molecule has 0 heterocycles. The molecular weight excluding hydrogens is 380 g/mol. The number of nitrogens with zero attached hydrogens (tertiary/aromatic N) is 1. The first-order valence-electron chi connectivity index (χ1n) is 8.73. The van der Waals surface area contributed by atoms with Crippen LogP contribution in [0.1, 0.15) is 29.8 Å². The van der Waals surface area contributed by atoms with Gasteiger partial charge in [0.15, 0.2) is 6.61 Å². The van der Waals surface area contributed by atoms with Gasteiger partial charge in [-0.2, -0.15) is 0 Å². The Kier molecular flexibility index (Phi) is 6.80. The highest BCUT2D eigenvalue weighted by atomic mass is 32.2. The molecule has 7 nitrogen and oxygen atoms in total. The van der Waals surface area contributed by atoms with Crippen LogP contribution in [-0.4, -0.2) is 40.0 Å². The van der Waals surface area contributed by atoms with Crippen LogP contribution < -0.4 is 9.62 Å². The van der Waals surface area contributed by atoms with Crippen LogP contribution in [0.2, 0.25) is 0 Å². The second kappa shape index (κ2) is 8.88. The first-order valence-corrected chi connectivity index (χ1v) is 10.2. The van der Waals surface area contributed by atoms with Gasteiger partial charge in [-0.25, -0.2) is 13.2 Å². The largest absolute Gasteiger partial charge is 0.452 e. The fourth-order valence-corrected chi connectivity index (χ4v) is 3.59. The predicted octanol–water partition coefficient (Wildman–Crippen LogP) is 2.50. The zero-order valence-corrected chi connectivity index (χ0v) is 17.1. The number of sulfonamides is 1. The van der Waals surface area contributed by atoms with Crippen molar-refractivity contribution < 1.29 is 22.7 Å². The number of carbonyl (C=O) groups excluding carboxylic acids is 2. The van der Waals surface area contributed by atoms with Crippen LogP contribution in [0.5, 0.6) is 0 Å². The SMILES string of the molecule is Cc1ccc(S(=O)(=O)N(C)c2ccc(C(=O)OCC(=O)NC(C)C)cc2)cc1. The van der Waals surface area contributed by atoms with Gasteiger partial charge in [0.05, 0.1) is 16.1 Å². The number of amides is 1. The van der Waals surface area contributed by atoms with Gasteiger partial charge in [-0.3, -0.25) is 9.10 Å². The third-order valence-corrected chi connectivity index (χ3v) is 5.73. The van der Waals surface area contributed by atoms with Gasteiger partial charge in [-0.05, 0) is 57.2 Å². The van der Waals surface area contributed by atoms with Crippen molar-refractivity contribution in [2.75, 3.05) is 18.0 Å². The molecule has 2 aromatic rings. The summed E-state index contributed by atoms with van der Waals surface area (Å²) in [5.41, 5.74) is 1.59. The molecular formula is C20H24N2O5S. The Morgan fingerprint density at radius 1 is 1.04 bits per heavy atom. The summed E-state index contributed by atoms with van der Waals surface area (Å²) in [6, 6.07) is 12.5. The Morgan fingerprint density at radius 2 is 1.61 bits per heavy atom. The van der Waals surface area contributed by atoms with E-state index in [1.54, 1.807) is 38.1 Å². The molecule has 0 aliphatic carbocycles. The van der Waals surface area contributed by atoms with E-state index in [1.807, 2.05) is 6.92 Å². The Balaban J connectivity index is 2.07. The molecule has 0 radical (unpaired) electrons. The maximum Gasteiger partial charge on any atom is 0.338 e. The van der Waals surface area contributed by atoms with Crippen LogP contribution in [0.15, 0.2) is 53.4 Å². The summed E-state index contributed by atoms with van der Waals surface area (Å²) in [5, 5.41) is 2.62. The minimum absolute atomic E-state index is 0.0449. The predicted molar refractivity (Wildman–Crippen MR) is 107 cm³/mol. The topological polar surface area (TPSA) is 92.8 Å². The van der Waals surface area contributed by atoms with Crippen molar-refractivity contribution in [2.45, 2.75) is 31.7 Å². The van der Waals surface area contributed by atoms with E-state index in [4.69, 9.17) is 4.74 Å². The van der Waals surface area contributed by atoms with Crippen LogP contribution in [0.4, 0.5) is 5.69 Å². The van der Waals surface area contributed by atoms with E-state index in [9.17, 15) is 18.0 Å². The third kappa shape index (κ3) is 5.32. The van der Waals surface area contributed by atoms with Crippen LogP contribution in [0.3, 0.4) is 0 Å². The van der Waals surface area contributed by atoms with Crippen LogP contribution in [0, 0.1) is 6.92 Å². The molecule has 8 heteroatoms. The van der Waals surface area contributed by atoms with Gasteiger partial charge in [0.25, 0.3) is 15.9 Å². The summed E-state index contributed by atoms with van der Waals surface area (Å²) in [6.07, 6.45) is 0. The molecule has 0 spiro atoms. The molecule has 0 atom stereocenters. The summed E-state index contributed by atoms with van der Waals surface area (Å²) in [7, 11) is -2.27. The van der Waals surface area contributed by atoms with Crippen molar-refractivity contribution >= 4 is 27.6 Å². The Hall–Kier alpha value is -2.87. The zero-order valence-electron chi connectivity index (χ0n) is 16.3. The lowest BCUT2D eigenvalue weighted by molar-refractivity contribution is -0.124. The average molecular weight is 404 g/mol. The Bertz CT molecular complexity index is 936. The molecule has 0 aliphatic heterocycles. The second-order valence-electron chi connectivity index (χ2n) is 6.63. The van der Waals surface area contributed by atoms with E-state index in [0.717, 1.165) is 9.87 Å². The lowest BCUT2D eigenvalue weighted by Gasteiger charge is -2.20. The van der Waals surface area contributed by atoms with Crippen LogP contribution in [-0.2, 0) is 19.6 Å². The van der Waals surface area contributed by atoms with Gasteiger partial charge in [0, 0.05) is 13.1 Å². The molecule has 2 rings (SSSR count). The van der Waals surface area contributed by atoms with Gasteiger partial charge < -0.3 is 10.1 Å². The summed E-state index contributed by atoms with van der Waals surface area (Å²) < 4.78 is 31.5. The van der Waals surface area contributed by atoms with Crippen molar-refractivity contribution in [3.05, 3.63) is 59.7 Å². The molecule has 1 N–H and O–H groups in total. The Labute approximate surface area is 165 Å². The number of esters is 1. The number of hydrogen-bond donors (Lipinski definition) is 1. The second-order valence-corrected chi connectivity index (χ2v) is 8.60. The number of rotatable bonds is 7. The summed E-state index contributed by atoms with van der Waals surface area (Å²) in [5.74, 6) is -1.04. The van der Waals surface area contributed by atoms with Crippen LogP contribution >= 0.6 is 0 Å². The molecule has 0 fully saturated rings. The monoisotopic (exact) mass is 404 g/mol. The van der Waals surface area contributed by atoms with E-state index >= 15 is 0 Å². The first kappa shape index (κ1) is 21.4. The van der Waals surface area contributed by atoms with Crippen LogP contribution in [0.25, 0.3) is 0 Å². The zero-order chi connectivity index (χ0) is 20.9. The highest BCUT2D eigenvalue weighted by Gasteiger charge is 2.21. The quantitative estimate of drug-likeness (QED) is 0.716. The lowest BCUT2D eigenvalue weighted by Crippen LogP contribution is -2.34. The smallest absolute Gasteiger partial charge is 0.338 e. The highest BCUT2D eigenvalue weighted by molar-refractivity contribution is 7.92. The molecule has 0 saturated carbocycles. The van der Waals surface area contributed by atoms with Crippen molar-refractivity contribution in [1.82, 2.24) is 5.32 Å². The van der Waals surface area contributed by atoms with Crippen molar-refractivity contribution in [1.29, 1.82) is 0 Å². The maximum absolute atomic E-state index is 12.7. The molecule has 0 aliphatic rings. The standard InChI is InChI=1S/C20H24N2O5S/c1-14(2)21-19(23)13-27-20(24)16-7-9-17(10-8-16)22(4)28(25,26)18-11-5-15(3)6-12-18/h5-12,14H,13H2,1-4H3,(H,21,23). The average Bonchev–Trinajstić information content (AvgIpc) is 2.65. The van der Waals surface area contributed by atoms with E-state index in [1.165, 1.54) is 31.3 Å². The first-order chi connectivity index (χ1) is 13.1. The molecule has 0 saturated heterocycles. The van der Waals surface area contributed by atoms with E-state index in [-0.39, 0.29) is 29.0 Å². The minimum Gasteiger partial charge on any atom is -0.452 e. The molecule has 0 unspecified atom stereocenters. The fourth-order valence-electron chi connectivity index (χ4n) is 2.39. The third-order valence-electron chi connectivity index (χ3n) is 3.93. The molecule has 0 bridgehead atoms. The molecule has 0 aromatic heterocycles. The molecule has 28 heavy (non-hydrogen) atoms. The highest BCUT2D eigenvalue weighted by Crippen LogP contribution is 2.22. The lowest BCUT2D eigenvalue weighted by atomic mass is 10.2. The molecule has 2 aromatic carbocycles. The van der Waals surface area contributed by atoms with E-state index in [0.29, 0.717) is 5.69 Å². The van der Waals surface area contributed by atoms with Crippen molar-refractivity contribution in [3.8, 4) is 0 Å². The van der Waals surface area contributed by atoms with Gasteiger partial charge in [0.1, 0.15) is 0 Å². The van der Waals surface area contributed by atoms with E-state index in [2.05, 4.69) is 5.32 Å². The maximum atomic E-state index is 12.7. The number of hydrogen-bond acceptors (Lipinski definition) is 5. The normalized spacial score (nSPS) is 11.2. The number of aryl methyl sites for hydroxylation is 1. The molecule has 150 valence electrons. The van der Waals surface area contributed by atoms with Gasteiger partial charge >= 0.3 is 5.97 Å². The number of carbonyl (C=O) groups is 2. The number of anilines is 1. The number of benzene rings is 2. The van der Waals surface area contributed by atoms with E-state index < -0.39 is 16.0 Å². The minimum atomic E-state index is -3.71. The summed E-state index contributed by atoms with van der Waals surface area (Å²) in [6.45, 7) is 5.12. The Morgan fingerprint density at radius 3 is 2.14 bits per heavy atom. The van der Waals surface area contributed by atoms with Crippen molar-refractivity contribution in [2.24, 2.45) is 0 Å². The summed E-state index contributed by atoms with van der Waals surface area (Å²) >= 11 is 0. The molecule has 1 amide bonds. The fraction of sp³-hybridized carbons (Fsp3) is 0.300.